The van der Waals surface area contributed by atoms with E-state index in [0.29, 0.717) is 0 Å². The highest BCUT2D eigenvalue weighted by molar-refractivity contribution is 6.21. The minimum atomic E-state index is 0.916. The Kier molecular flexibility index (Phi) is 6.28. The molecule has 0 spiro atoms. The smallest absolute Gasteiger partial charge is 0.136 e. The van der Waals surface area contributed by atoms with Crippen LogP contribution in [-0.4, -0.2) is 4.57 Å². The van der Waals surface area contributed by atoms with Crippen LogP contribution < -0.4 is 0 Å². The van der Waals surface area contributed by atoms with Crippen LogP contribution in [-0.2, 0) is 0 Å². The molecule has 0 bridgehead atoms. The molecule has 0 aliphatic carbocycles. The third-order valence-corrected chi connectivity index (χ3v) is 10.7. The van der Waals surface area contributed by atoms with E-state index in [1.807, 2.05) is 6.07 Å². The van der Waals surface area contributed by atoms with E-state index in [4.69, 9.17) is 4.42 Å². The van der Waals surface area contributed by atoms with Gasteiger partial charge in [-0.3, -0.25) is 0 Å². The molecule has 0 aliphatic heterocycles. The fourth-order valence-electron chi connectivity index (χ4n) is 8.31. The van der Waals surface area contributed by atoms with E-state index in [1.165, 1.54) is 76.7 Å². The Bertz CT molecular complexity index is 3110. The molecule has 0 saturated carbocycles. The summed E-state index contributed by atoms with van der Waals surface area (Å²) in [6.07, 6.45) is 0. The number of para-hydroxylation sites is 2. The van der Waals surface area contributed by atoms with E-state index in [2.05, 4.69) is 187 Å². The van der Waals surface area contributed by atoms with Gasteiger partial charge in [-0.05, 0) is 116 Å². The Hall–Kier alpha value is -6.90. The van der Waals surface area contributed by atoms with Crippen molar-refractivity contribution in [1.82, 2.24) is 4.57 Å². The standard InChI is InChI=1S/C50H31NO/c1-3-13-32(14-4-1)36-25-37(33-15-5-2-6-16-33)27-38(26-36)51-47-21-11-9-19-40(47)45-29-35(23-24-48(45)51)42-28-34-17-7-8-18-39(34)44-31-50-46(30-43(42)44)41-20-10-12-22-49(41)52-50/h1-31H. The summed E-state index contributed by atoms with van der Waals surface area (Å²) in [6, 6.07) is 68.2. The summed E-state index contributed by atoms with van der Waals surface area (Å²) in [5.41, 5.74) is 12.6. The van der Waals surface area contributed by atoms with Gasteiger partial charge in [-0.15, -0.1) is 0 Å². The summed E-state index contributed by atoms with van der Waals surface area (Å²) >= 11 is 0. The van der Waals surface area contributed by atoms with E-state index in [0.717, 1.165) is 27.6 Å². The van der Waals surface area contributed by atoms with E-state index in [1.54, 1.807) is 0 Å². The summed E-state index contributed by atoms with van der Waals surface area (Å²) in [5, 5.41) is 9.63. The third kappa shape index (κ3) is 4.44. The van der Waals surface area contributed by atoms with E-state index in [9.17, 15) is 0 Å². The molecule has 0 N–H and O–H groups in total. The largest absolute Gasteiger partial charge is 0.456 e. The first-order chi connectivity index (χ1) is 25.8. The number of nitrogens with zero attached hydrogens (tertiary/aromatic N) is 1. The average molecular weight is 662 g/mol. The normalized spacial score (nSPS) is 11.8. The van der Waals surface area contributed by atoms with Crippen LogP contribution in [0.5, 0.6) is 0 Å². The molecule has 0 aliphatic rings. The van der Waals surface area contributed by atoms with Crippen LogP contribution in [0.3, 0.4) is 0 Å². The zero-order valence-corrected chi connectivity index (χ0v) is 28.3. The number of rotatable bonds is 4. The van der Waals surface area contributed by atoms with Crippen LogP contribution in [0.4, 0.5) is 0 Å². The first-order valence-electron chi connectivity index (χ1n) is 17.8. The van der Waals surface area contributed by atoms with E-state index in [-0.39, 0.29) is 0 Å². The van der Waals surface area contributed by atoms with Crippen molar-refractivity contribution in [3.63, 3.8) is 0 Å². The first-order valence-corrected chi connectivity index (χ1v) is 17.8. The molecule has 0 atom stereocenters. The second kappa shape index (κ2) is 11.3. The second-order valence-corrected chi connectivity index (χ2v) is 13.7. The molecule has 0 amide bonds. The predicted octanol–water partition coefficient (Wildman–Crippen LogP) is 14.0. The van der Waals surface area contributed by atoms with Crippen LogP contribution in [0.1, 0.15) is 0 Å². The van der Waals surface area contributed by atoms with E-state index >= 15 is 0 Å². The Balaban J connectivity index is 1.18. The van der Waals surface area contributed by atoms with Gasteiger partial charge in [-0.1, -0.05) is 127 Å². The van der Waals surface area contributed by atoms with Crippen LogP contribution in [0.25, 0.3) is 104 Å². The summed E-state index contributed by atoms with van der Waals surface area (Å²) in [7, 11) is 0. The number of fused-ring (bicyclic) bond motifs is 9. The maximum Gasteiger partial charge on any atom is 0.136 e. The quantitative estimate of drug-likeness (QED) is 0.172. The van der Waals surface area contributed by atoms with Gasteiger partial charge in [-0.2, -0.15) is 0 Å². The van der Waals surface area contributed by atoms with Crippen molar-refractivity contribution in [2.24, 2.45) is 0 Å². The van der Waals surface area contributed by atoms with Gasteiger partial charge in [0.25, 0.3) is 0 Å². The lowest BCUT2D eigenvalue weighted by Gasteiger charge is -2.14. The molecule has 0 radical (unpaired) electrons. The second-order valence-electron chi connectivity index (χ2n) is 13.7. The minimum Gasteiger partial charge on any atom is -0.456 e. The highest BCUT2D eigenvalue weighted by Gasteiger charge is 2.18. The molecule has 52 heavy (non-hydrogen) atoms. The van der Waals surface area contributed by atoms with Crippen molar-refractivity contribution in [3.8, 4) is 39.1 Å². The van der Waals surface area contributed by atoms with Gasteiger partial charge >= 0.3 is 0 Å². The molecule has 0 unspecified atom stereocenters. The van der Waals surface area contributed by atoms with Crippen molar-refractivity contribution in [2.45, 2.75) is 0 Å². The van der Waals surface area contributed by atoms with Gasteiger partial charge in [0, 0.05) is 27.2 Å². The molecule has 9 aromatic carbocycles. The molecule has 242 valence electrons. The molecule has 2 aromatic heterocycles. The van der Waals surface area contributed by atoms with Gasteiger partial charge in [0.05, 0.1) is 11.0 Å². The average Bonchev–Trinajstić information content (AvgIpc) is 3.75. The van der Waals surface area contributed by atoms with Crippen molar-refractivity contribution in [3.05, 3.63) is 188 Å². The van der Waals surface area contributed by atoms with Crippen molar-refractivity contribution in [2.75, 3.05) is 0 Å². The van der Waals surface area contributed by atoms with E-state index < -0.39 is 0 Å². The molecule has 11 rings (SSSR count). The lowest BCUT2D eigenvalue weighted by atomic mass is 9.91. The fourth-order valence-corrected chi connectivity index (χ4v) is 8.31. The molecule has 0 fully saturated rings. The topological polar surface area (TPSA) is 18.1 Å². The summed E-state index contributed by atoms with van der Waals surface area (Å²) in [5.74, 6) is 0. The highest BCUT2D eigenvalue weighted by Crippen LogP contribution is 2.42. The number of benzene rings is 9. The highest BCUT2D eigenvalue weighted by atomic mass is 16.3. The number of furan rings is 1. The van der Waals surface area contributed by atoms with Gasteiger partial charge in [0.1, 0.15) is 11.2 Å². The Morgan fingerprint density at radius 2 is 0.942 bits per heavy atom. The lowest BCUT2D eigenvalue weighted by molar-refractivity contribution is 0.669. The maximum atomic E-state index is 6.38. The molecular weight excluding hydrogens is 631 g/mol. The van der Waals surface area contributed by atoms with Crippen molar-refractivity contribution < 1.29 is 4.42 Å². The fraction of sp³-hybridized carbons (Fsp3) is 0. The van der Waals surface area contributed by atoms with Crippen LogP contribution in [0.2, 0.25) is 0 Å². The molecule has 2 heterocycles. The van der Waals surface area contributed by atoms with Crippen LogP contribution in [0.15, 0.2) is 192 Å². The molecule has 2 heteroatoms. The minimum absolute atomic E-state index is 0.916. The Morgan fingerprint density at radius 1 is 0.308 bits per heavy atom. The summed E-state index contributed by atoms with van der Waals surface area (Å²) in [6.45, 7) is 0. The number of hydrogen-bond acceptors (Lipinski definition) is 1. The number of aromatic nitrogens is 1. The third-order valence-electron chi connectivity index (χ3n) is 10.7. The van der Waals surface area contributed by atoms with Gasteiger partial charge in [0.2, 0.25) is 0 Å². The predicted molar refractivity (Wildman–Crippen MR) is 219 cm³/mol. The Labute approximate surface area is 300 Å². The molecule has 11 aromatic rings. The molecular formula is C50H31NO. The zero-order valence-electron chi connectivity index (χ0n) is 28.3. The summed E-state index contributed by atoms with van der Waals surface area (Å²) < 4.78 is 8.81. The van der Waals surface area contributed by atoms with Gasteiger partial charge < -0.3 is 8.98 Å². The SMILES string of the molecule is c1ccc(-c2cc(-c3ccccc3)cc(-n3c4ccccc4c4cc(-c5cc6ccccc6c6cc7oc8ccccc8c7cc56)ccc43)c2)cc1. The first kappa shape index (κ1) is 28.9. The zero-order chi connectivity index (χ0) is 34.2. The Morgan fingerprint density at radius 3 is 1.71 bits per heavy atom. The monoisotopic (exact) mass is 661 g/mol. The number of hydrogen-bond donors (Lipinski definition) is 0. The maximum absolute atomic E-state index is 6.38. The molecule has 2 nitrogen and oxygen atoms in total. The summed E-state index contributed by atoms with van der Waals surface area (Å²) in [4.78, 5) is 0. The van der Waals surface area contributed by atoms with Crippen molar-refractivity contribution >= 4 is 65.3 Å². The van der Waals surface area contributed by atoms with Crippen LogP contribution in [0, 0.1) is 0 Å². The molecule has 0 saturated heterocycles. The lowest BCUT2D eigenvalue weighted by Crippen LogP contribution is -1.96. The van der Waals surface area contributed by atoms with Gasteiger partial charge in [-0.25, -0.2) is 0 Å². The van der Waals surface area contributed by atoms with Gasteiger partial charge in [0.15, 0.2) is 0 Å². The van der Waals surface area contributed by atoms with Crippen molar-refractivity contribution in [1.29, 1.82) is 0 Å². The van der Waals surface area contributed by atoms with Crippen LogP contribution >= 0.6 is 0 Å².